The number of hydrogen-bond acceptors (Lipinski definition) is 5. The average molecular weight is 523 g/mol. The number of nitrogens with one attached hydrogen (secondary N) is 1. The molecule has 1 heterocycles. The second-order valence-electron chi connectivity index (χ2n) is 10.5. The molecule has 0 aromatic heterocycles. The van der Waals surface area contributed by atoms with Crippen LogP contribution in [0.2, 0.25) is 0 Å². The minimum Gasteiger partial charge on any atom is -0.486 e. The molecule has 7 nitrogen and oxygen atoms in total. The topological polar surface area (TPSA) is 99.1 Å². The second-order valence-corrected chi connectivity index (χ2v) is 10.5. The number of amides is 2. The molecule has 3 aliphatic rings. The summed E-state index contributed by atoms with van der Waals surface area (Å²) in [5.74, 6) is -0.377. The lowest BCUT2D eigenvalue weighted by Gasteiger charge is -2.41. The third kappa shape index (κ3) is 5.47. The van der Waals surface area contributed by atoms with Crippen molar-refractivity contribution in [3.63, 3.8) is 0 Å². The molecule has 5 rings (SSSR count). The number of rotatable bonds is 9. The molecule has 2 aromatic rings. The fourth-order valence-corrected chi connectivity index (χ4v) is 6.15. The third-order valence-electron chi connectivity index (χ3n) is 8.03. The van der Waals surface area contributed by atoms with E-state index in [2.05, 4.69) is 5.32 Å². The Kier molecular flexibility index (Phi) is 8.09. The van der Waals surface area contributed by atoms with Crippen LogP contribution < -0.4 is 10.1 Å². The number of nitrogens with zero attached hydrogens (tertiary/aromatic N) is 1. The molecule has 202 valence electrons. The Hall–Kier alpha value is -3.23. The normalized spacial score (nSPS) is 24.2. The number of halogens is 1. The second kappa shape index (κ2) is 11.7. The fraction of sp³-hybridized carbons (Fsp3) is 0.467. The van der Waals surface area contributed by atoms with E-state index in [-0.39, 0.29) is 37.3 Å². The molecule has 8 heteroatoms. The Bertz CT molecular complexity index is 1190. The van der Waals surface area contributed by atoms with Gasteiger partial charge in [-0.25, -0.2) is 4.39 Å². The summed E-state index contributed by atoms with van der Waals surface area (Å²) in [5, 5.41) is 23.6. The van der Waals surface area contributed by atoms with Gasteiger partial charge < -0.3 is 25.2 Å². The maximum absolute atomic E-state index is 13.8. The van der Waals surface area contributed by atoms with Crippen LogP contribution in [0.3, 0.4) is 0 Å². The van der Waals surface area contributed by atoms with Crippen molar-refractivity contribution in [2.45, 2.75) is 62.7 Å². The summed E-state index contributed by atoms with van der Waals surface area (Å²) in [6, 6.07) is 12.9. The summed E-state index contributed by atoms with van der Waals surface area (Å²) in [4.78, 5) is 28.7. The standard InChI is InChI=1S/C30H35FN2O5/c31-21-9-5-8-20(16-21)12-14-33(26(35)17-19-6-1-2-7-19)24-18-23(30(37)32-13-15-34)27-22-10-3-4-11-25(22)38-29(27)28(24)36/h3-5,8-11,16,18-19,24,27-29,34,36H,1-2,6-7,12-15,17H2,(H,32,37). The van der Waals surface area contributed by atoms with Crippen LogP contribution in [0.25, 0.3) is 0 Å². The van der Waals surface area contributed by atoms with E-state index in [0.29, 0.717) is 30.1 Å². The molecule has 4 atom stereocenters. The number of carbonyl (C=O) groups is 2. The SMILES string of the molecule is O=C(NCCO)C1=CC(N(CCc2cccc(F)c2)C(=O)CC2CCCC2)C(O)C2Oc3ccccc3C12. The van der Waals surface area contributed by atoms with Gasteiger partial charge in [0.15, 0.2) is 0 Å². The first-order valence-electron chi connectivity index (χ1n) is 13.5. The number of fused-ring (bicyclic) bond motifs is 3. The van der Waals surface area contributed by atoms with E-state index in [4.69, 9.17) is 4.74 Å². The summed E-state index contributed by atoms with van der Waals surface area (Å²) in [6.07, 6.45) is 4.90. The molecule has 0 radical (unpaired) electrons. The van der Waals surface area contributed by atoms with Crippen LogP contribution >= 0.6 is 0 Å². The van der Waals surface area contributed by atoms with Gasteiger partial charge in [0.1, 0.15) is 23.8 Å². The molecule has 38 heavy (non-hydrogen) atoms. The molecule has 2 aromatic carbocycles. The van der Waals surface area contributed by atoms with Crippen molar-refractivity contribution >= 4 is 11.8 Å². The Morgan fingerprint density at radius 1 is 1.11 bits per heavy atom. The summed E-state index contributed by atoms with van der Waals surface area (Å²) in [6.45, 7) is 0.155. The number of hydrogen-bond donors (Lipinski definition) is 3. The molecule has 3 N–H and O–H groups in total. The highest BCUT2D eigenvalue weighted by Gasteiger charge is 2.50. The van der Waals surface area contributed by atoms with Crippen molar-refractivity contribution in [3.8, 4) is 5.75 Å². The summed E-state index contributed by atoms with van der Waals surface area (Å²) < 4.78 is 20.0. The van der Waals surface area contributed by atoms with Crippen LogP contribution in [0.4, 0.5) is 4.39 Å². The van der Waals surface area contributed by atoms with Gasteiger partial charge in [0.05, 0.1) is 18.6 Å². The van der Waals surface area contributed by atoms with Crippen molar-refractivity contribution in [1.29, 1.82) is 0 Å². The molecular weight excluding hydrogens is 487 g/mol. The molecule has 0 bridgehead atoms. The third-order valence-corrected chi connectivity index (χ3v) is 8.03. The zero-order chi connectivity index (χ0) is 26.6. The van der Waals surface area contributed by atoms with Gasteiger partial charge >= 0.3 is 0 Å². The summed E-state index contributed by atoms with van der Waals surface area (Å²) in [7, 11) is 0. The highest BCUT2D eigenvalue weighted by atomic mass is 19.1. The molecule has 1 saturated carbocycles. The maximum Gasteiger partial charge on any atom is 0.247 e. The first-order valence-corrected chi connectivity index (χ1v) is 13.5. The van der Waals surface area contributed by atoms with E-state index in [9.17, 15) is 24.2 Å². The van der Waals surface area contributed by atoms with E-state index in [1.807, 2.05) is 30.3 Å². The van der Waals surface area contributed by atoms with Crippen molar-refractivity contribution in [3.05, 3.63) is 77.1 Å². The van der Waals surface area contributed by atoms with Gasteiger partial charge in [-0.1, -0.05) is 43.2 Å². The number of para-hydroxylation sites is 1. The minimum atomic E-state index is -1.07. The number of ether oxygens (including phenoxy) is 1. The highest BCUT2D eigenvalue weighted by molar-refractivity contribution is 5.96. The molecule has 4 unspecified atom stereocenters. The van der Waals surface area contributed by atoms with E-state index < -0.39 is 24.2 Å². The molecule has 1 aliphatic heterocycles. The Labute approximate surface area is 222 Å². The smallest absolute Gasteiger partial charge is 0.247 e. The van der Waals surface area contributed by atoms with Gasteiger partial charge in [0.25, 0.3) is 0 Å². The zero-order valence-corrected chi connectivity index (χ0v) is 21.4. The molecular formula is C30H35FN2O5. The van der Waals surface area contributed by atoms with E-state index >= 15 is 0 Å². The van der Waals surface area contributed by atoms with Crippen LogP contribution in [-0.4, -0.2) is 64.9 Å². The van der Waals surface area contributed by atoms with Crippen molar-refractivity contribution in [1.82, 2.24) is 10.2 Å². The number of aliphatic hydroxyl groups excluding tert-OH is 2. The van der Waals surface area contributed by atoms with Gasteiger partial charge in [-0.05, 0) is 55.0 Å². The van der Waals surface area contributed by atoms with Crippen LogP contribution in [0.1, 0.15) is 49.1 Å². The van der Waals surface area contributed by atoms with Gasteiger partial charge in [-0.15, -0.1) is 0 Å². The lowest BCUT2D eigenvalue weighted by Crippen LogP contribution is -2.56. The lowest BCUT2D eigenvalue weighted by molar-refractivity contribution is -0.138. The van der Waals surface area contributed by atoms with Crippen LogP contribution in [0.15, 0.2) is 60.2 Å². The van der Waals surface area contributed by atoms with Gasteiger partial charge in [0, 0.05) is 30.6 Å². The minimum absolute atomic E-state index is 0.0855. The molecule has 2 amide bonds. The lowest BCUT2D eigenvalue weighted by atomic mass is 9.77. The first-order chi connectivity index (χ1) is 18.5. The molecule has 2 aliphatic carbocycles. The predicted molar refractivity (Wildman–Crippen MR) is 140 cm³/mol. The van der Waals surface area contributed by atoms with E-state index in [1.165, 1.54) is 12.1 Å². The monoisotopic (exact) mass is 522 g/mol. The fourth-order valence-electron chi connectivity index (χ4n) is 6.15. The largest absolute Gasteiger partial charge is 0.486 e. The van der Waals surface area contributed by atoms with Crippen LogP contribution in [0, 0.1) is 11.7 Å². The maximum atomic E-state index is 13.8. The van der Waals surface area contributed by atoms with Gasteiger partial charge in [-0.3, -0.25) is 9.59 Å². The van der Waals surface area contributed by atoms with Gasteiger partial charge in [0.2, 0.25) is 11.8 Å². The van der Waals surface area contributed by atoms with E-state index in [0.717, 1.165) is 36.8 Å². The van der Waals surface area contributed by atoms with Crippen molar-refractivity contribution < 1.29 is 28.9 Å². The van der Waals surface area contributed by atoms with Crippen LogP contribution in [0.5, 0.6) is 5.75 Å². The predicted octanol–water partition coefficient (Wildman–Crippen LogP) is 3.10. The average Bonchev–Trinajstić information content (AvgIpc) is 3.57. The van der Waals surface area contributed by atoms with Crippen molar-refractivity contribution in [2.24, 2.45) is 5.92 Å². The van der Waals surface area contributed by atoms with Crippen molar-refractivity contribution in [2.75, 3.05) is 19.7 Å². The van der Waals surface area contributed by atoms with E-state index in [1.54, 1.807) is 17.0 Å². The summed E-state index contributed by atoms with van der Waals surface area (Å²) in [5.41, 5.74) is 1.97. The quantitative estimate of drug-likeness (QED) is 0.470. The van der Waals surface area contributed by atoms with Crippen LogP contribution in [-0.2, 0) is 16.0 Å². The number of aliphatic hydroxyl groups is 2. The highest BCUT2D eigenvalue weighted by Crippen LogP contribution is 2.47. The molecule has 0 saturated heterocycles. The summed E-state index contributed by atoms with van der Waals surface area (Å²) >= 11 is 0. The molecule has 0 spiro atoms. The number of benzene rings is 2. The Morgan fingerprint density at radius 3 is 2.66 bits per heavy atom. The van der Waals surface area contributed by atoms with Gasteiger partial charge in [-0.2, -0.15) is 0 Å². The zero-order valence-electron chi connectivity index (χ0n) is 21.4. The molecule has 1 fully saturated rings. The Morgan fingerprint density at radius 2 is 1.89 bits per heavy atom. The Balaban J connectivity index is 1.48. The number of carbonyl (C=O) groups excluding carboxylic acids is 2. The first kappa shape index (κ1) is 26.4.